The molecule has 2 aromatic rings. The van der Waals surface area contributed by atoms with E-state index in [1.54, 1.807) is 49.4 Å². The highest BCUT2D eigenvalue weighted by molar-refractivity contribution is 6.11. The number of ketones is 2. The predicted molar refractivity (Wildman–Crippen MR) is 77.5 cm³/mol. The summed E-state index contributed by atoms with van der Waals surface area (Å²) in [6.45, 7) is 1.80. The number of carbonyl (C=O) groups is 2. The standard InChI is InChI=1S/C17H16O3/c1-3-15(18)12-7-6-8-13(11-12)17(19)14-9-4-5-10-16(14)20-2/h4-11H,3H2,1-2H3. The fourth-order valence-corrected chi connectivity index (χ4v) is 2.03. The van der Waals surface area contributed by atoms with Crippen molar-refractivity contribution in [3.8, 4) is 5.75 Å². The topological polar surface area (TPSA) is 43.4 Å². The first-order valence-electron chi connectivity index (χ1n) is 6.48. The van der Waals surface area contributed by atoms with Gasteiger partial charge in [0.2, 0.25) is 0 Å². The van der Waals surface area contributed by atoms with Crippen LogP contribution in [-0.4, -0.2) is 18.7 Å². The van der Waals surface area contributed by atoms with E-state index in [-0.39, 0.29) is 11.6 Å². The molecule has 3 nitrogen and oxygen atoms in total. The van der Waals surface area contributed by atoms with E-state index in [2.05, 4.69) is 0 Å². The van der Waals surface area contributed by atoms with Gasteiger partial charge in [-0.05, 0) is 18.2 Å². The highest BCUT2D eigenvalue weighted by Crippen LogP contribution is 2.21. The van der Waals surface area contributed by atoms with Crippen molar-refractivity contribution in [3.63, 3.8) is 0 Å². The number of methoxy groups -OCH3 is 1. The van der Waals surface area contributed by atoms with Gasteiger partial charge in [-0.3, -0.25) is 9.59 Å². The first kappa shape index (κ1) is 14.0. The number of carbonyl (C=O) groups excluding carboxylic acids is 2. The minimum atomic E-state index is -0.145. The Bertz CT molecular complexity index is 644. The summed E-state index contributed by atoms with van der Waals surface area (Å²) in [4.78, 5) is 24.2. The van der Waals surface area contributed by atoms with E-state index in [4.69, 9.17) is 4.74 Å². The van der Waals surface area contributed by atoms with Gasteiger partial charge < -0.3 is 4.74 Å². The van der Waals surface area contributed by atoms with Crippen LogP contribution in [0.5, 0.6) is 5.75 Å². The van der Waals surface area contributed by atoms with Crippen molar-refractivity contribution in [2.45, 2.75) is 13.3 Å². The van der Waals surface area contributed by atoms with Gasteiger partial charge in [-0.1, -0.05) is 37.3 Å². The summed E-state index contributed by atoms with van der Waals surface area (Å²) < 4.78 is 5.20. The molecular weight excluding hydrogens is 252 g/mol. The minimum Gasteiger partial charge on any atom is -0.496 e. The number of hydrogen-bond donors (Lipinski definition) is 0. The van der Waals surface area contributed by atoms with Crippen LogP contribution in [0.2, 0.25) is 0 Å². The van der Waals surface area contributed by atoms with Crippen LogP contribution in [0.15, 0.2) is 48.5 Å². The molecule has 0 aliphatic rings. The van der Waals surface area contributed by atoms with Crippen LogP contribution >= 0.6 is 0 Å². The lowest BCUT2D eigenvalue weighted by Crippen LogP contribution is -2.06. The van der Waals surface area contributed by atoms with Crippen LogP contribution in [0.25, 0.3) is 0 Å². The minimum absolute atomic E-state index is 0.0275. The second kappa shape index (κ2) is 6.15. The summed E-state index contributed by atoms with van der Waals surface area (Å²) in [5, 5.41) is 0. The number of benzene rings is 2. The fourth-order valence-electron chi connectivity index (χ4n) is 2.03. The average Bonchev–Trinajstić information content (AvgIpc) is 2.53. The summed E-state index contributed by atoms with van der Waals surface area (Å²) in [5.41, 5.74) is 1.55. The van der Waals surface area contributed by atoms with E-state index >= 15 is 0 Å². The summed E-state index contributed by atoms with van der Waals surface area (Å²) in [5.74, 6) is 0.414. The molecule has 0 spiro atoms. The van der Waals surface area contributed by atoms with Gasteiger partial charge in [0, 0.05) is 17.5 Å². The maximum atomic E-state index is 12.5. The lowest BCUT2D eigenvalue weighted by Gasteiger charge is -2.08. The third-order valence-electron chi connectivity index (χ3n) is 3.12. The van der Waals surface area contributed by atoms with Crippen molar-refractivity contribution >= 4 is 11.6 Å². The molecule has 0 radical (unpaired) electrons. The van der Waals surface area contributed by atoms with Crippen molar-refractivity contribution in [1.82, 2.24) is 0 Å². The zero-order chi connectivity index (χ0) is 14.5. The summed E-state index contributed by atoms with van der Waals surface area (Å²) in [6, 6.07) is 13.9. The van der Waals surface area contributed by atoms with E-state index < -0.39 is 0 Å². The molecule has 2 aromatic carbocycles. The monoisotopic (exact) mass is 268 g/mol. The number of hydrogen-bond acceptors (Lipinski definition) is 3. The highest BCUT2D eigenvalue weighted by Gasteiger charge is 2.15. The second-order valence-corrected chi connectivity index (χ2v) is 4.39. The maximum absolute atomic E-state index is 12.5. The molecule has 0 bridgehead atoms. The van der Waals surface area contributed by atoms with Crippen molar-refractivity contribution < 1.29 is 14.3 Å². The molecule has 0 saturated heterocycles. The number of rotatable bonds is 5. The summed E-state index contributed by atoms with van der Waals surface area (Å²) in [6.07, 6.45) is 0.423. The van der Waals surface area contributed by atoms with Gasteiger partial charge in [-0.2, -0.15) is 0 Å². The predicted octanol–water partition coefficient (Wildman–Crippen LogP) is 3.52. The Kier molecular flexibility index (Phi) is 4.31. The molecule has 102 valence electrons. The molecule has 0 heterocycles. The number of ether oxygens (including phenoxy) is 1. The van der Waals surface area contributed by atoms with Crippen LogP contribution in [-0.2, 0) is 0 Å². The smallest absolute Gasteiger partial charge is 0.196 e. The molecule has 0 saturated carbocycles. The molecule has 3 heteroatoms. The molecule has 0 aliphatic heterocycles. The zero-order valence-corrected chi connectivity index (χ0v) is 11.6. The summed E-state index contributed by atoms with van der Waals surface area (Å²) in [7, 11) is 1.53. The normalized spacial score (nSPS) is 10.1. The third-order valence-corrected chi connectivity index (χ3v) is 3.12. The van der Waals surface area contributed by atoms with Gasteiger partial charge in [-0.25, -0.2) is 0 Å². The average molecular weight is 268 g/mol. The molecule has 0 amide bonds. The molecule has 2 rings (SSSR count). The first-order valence-corrected chi connectivity index (χ1v) is 6.48. The fraction of sp³-hybridized carbons (Fsp3) is 0.176. The van der Waals surface area contributed by atoms with Crippen LogP contribution in [0, 0.1) is 0 Å². The lowest BCUT2D eigenvalue weighted by atomic mass is 9.99. The Morgan fingerprint density at radius 3 is 2.40 bits per heavy atom. The zero-order valence-electron chi connectivity index (χ0n) is 11.6. The Labute approximate surface area is 118 Å². The van der Waals surface area contributed by atoms with Crippen LogP contribution in [0.3, 0.4) is 0 Å². The van der Waals surface area contributed by atoms with Crippen molar-refractivity contribution in [1.29, 1.82) is 0 Å². The van der Waals surface area contributed by atoms with E-state index in [1.807, 2.05) is 6.07 Å². The van der Waals surface area contributed by atoms with Crippen LogP contribution in [0.1, 0.15) is 39.6 Å². The van der Waals surface area contributed by atoms with E-state index in [9.17, 15) is 9.59 Å². The number of Topliss-reactive ketones (excluding diaryl/α,β-unsaturated/α-hetero) is 1. The molecule has 0 N–H and O–H groups in total. The third kappa shape index (κ3) is 2.77. The van der Waals surface area contributed by atoms with Gasteiger partial charge in [-0.15, -0.1) is 0 Å². The molecule has 0 aromatic heterocycles. The Balaban J connectivity index is 2.41. The molecule has 20 heavy (non-hydrogen) atoms. The van der Waals surface area contributed by atoms with E-state index in [0.717, 1.165) is 0 Å². The van der Waals surface area contributed by atoms with Gasteiger partial charge in [0.25, 0.3) is 0 Å². The second-order valence-electron chi connectivity index (χ2n) is 4.39. The highest BCUT2D eigenvalue weighted by atomic mass is 16.5. The van der Waals surface area contributed by atoms with E-state index in [0.29, 0.717) is 28.9 Å². The maximum Gasteiger partial charge on any atom is 0.196 e. The Hall–Kier alpha value is -2.42. The van der Waals surface area contributed by atoms with Crippen molar-refractivity contribution in [2.75, 3.05) is 7.11 Å². The molecule has 0 unspecified atom stereocenters. The number of para-hydroxylation sites is 1. The lowest BCUT2D eigenvalue weighted by molar-refractivity contribution is 0.0988. The molecule has 0 aliphatic carbocycles. The van der Waals surface area contributed by atoms with Crippen molar-refractivity contribution in [3.05, 3.63) is 65.2 Å². The molecule has 0 atom stereocenters. The SMILES string of the molecule is CCC(=O)c1cccc(C(=O)c2ccccc2OC)c1. The van der Waals surface area contributed by atoms with Gasteiger partial charge >= 0.3 is 0 Å². The van der Waals surface area contributed by atoms with Crippen LogP contribution < -0.4 is 4.74 Å². The van der Waals surface area contributed by atoms with E-state index in [1.165, 1.54) is 7.11 Å². The summed E-state index contributed by atoms with van der Waals surface area (Å²) >= 11 is 0. The van der Waals surface area contributed by atoms with Gasteiger partial charge in [0.05, 0.1) is 12.7 Å². The Morgan fingerprint density at radius 2 is 1.70 bits per heavy atom. The molecule has 0 fully saturated rings. The van der Waals surface area contributed by atoms with Gasteiger partial charge in [0.15, 0.2) is 11.6 Å². The quantitative estimate of drug-likeness (QED) is 0.779. The largest absolute Gasteiger partial charge is 0.496 e. The molecular formula is C17H16O3. The van der Waals surface area contributed by atoms with Crippen LogP contribution in [0.4, 0.5) is 0 Å². The van der Waals surface area contributed by atoms with Gasteiger partial charge in [0.1, 0.15) is 5.75 Å². The van der Waals surface area contributed by atoms with Crippen molar-refractivity contribution in [2.24, 2.45) is 0 Å². The Morgan fingerprint density at radius 1 is 1.00 bits per heavy atom. The first-order chi connectivity index (χ1) is 9.67.